The summed E-state index contributed by atoms with van der Waals surface area (Å²) in [5, 5.41) is -0.758. The fourth-order valence-corrected chi connectivity index (χ4v) is 6.04. The van der Waals surface area contributed by atoms with Crippen LogP contribution in [0.4, 0.5) is 0 Å². The average molecular weight is 447 g/mol. The SMILES string of the molecule is CCCCCCCCCC(CCCCCCCC)(CCCCCCCC)P(=O)(O)O. The second kappa shape index (κ2) is 19.8. The van der Waals surface area contributed by atoms with Crippen LogP contribution in [-0.4, -0.2) is 14.9 Å². The van der Waals surface area contributed by atoms with Gasteiger partial charge in [0.05, 0.1) is 5.16 Å². The third kappa shape index (κ3) is 15.0. The monoisotopic (exact) mass is 446 g/mol. The summed E-state index contributed by atoms with van der Waals surface area (Å²) in [6.45, 7) is 6.68. The molecule has 0 radical (unpaired) electrons. The molecule has 0 aliphatic carbocycles. The predicted molar refractivity (Wildman–Crippen MR) is 133 cm³/mol. The first-order chi connectivity index (χ1) is 14.4. The Kier molecular flexibility index (Phi) is 19.9. The van der Waals surface area contributed by atoms with Gasteiger partial charge in [0.25, 0.3) is 0 Å². The van der Waals surface area contributed by atoms with E-state index in [-0.39, 0.29) is 0 Å². The summed E-state index contributed by atoms with van der Waals surface area (Å²) in [7, 11) is -4.10. The van der Waals surface area contributed by atoms with Gasteiger partial charge in [0.15, 0.2) is 0 Å². The van der Waals surface area contributed by atoms with Gasteiger partial charge in [0.2, 0.25) is 0 Å². The highest BCUT2D eigenvalue weighted by atomic mass is 31.2. The number of hydrogen-bond donors (Lipinski definition) is 2. The first-order valence-corrected chi connectivity index (χ1v) is 15.1. The zero-order valence-electron chi connectivity index (χ0n) is 20.8. The Hall–Kier alpha value is 0.150. The molecular formula is C26H55O3P. The summed E-state index contributed by atoms with van der Waals surface area (Å²) in [4.78, 5) is 20.8. The lowest BCUT2D eigenvalue weighted by molar-refractivity contribution is 0.281. The van der Waals surface area contributed by atoms with Crippen molar-refractivity contribution in [2.45, 2.75) is 167 Å². The van der Waals surface area contributed by atoms with Crippen LogP contribution in [0.25, 0.3) is 0 Å². The highest BCUT2D eigenvalue weighted by Crippen LogP contribution is 2.58. The molecule has 0 aromatic carbocycles. The molecule has 0 saturated heterocycles. The lowest BCUT2D eigenvalue weighted by Gasteiger charge is -2.35. The van der Waals surface area contributed by atoms with E-state index in [9.17, 15) is 14.4 Å². The molecule has 0 aromatic rings. The Bertz CT molecular complexity index is 389. The molecule has 0 atom stereocenters. The Morgan fingerprint density at radius 1 is 0.467 bits per heavy atom. The van der Waals surface area contributed by atoms with Gasteiger partial charge in [-0.05, 0) is 19.3 Å². The molecule has 0 fully saturated rings. The van der Waals surface area contributed by atoms with E-state index in [4.69, 9.17) is 0 Å². The molecule has 0 amide bonds. The van der Waals surface area contributed by atoms with Gasteiger partial charge in [-0.3, -0.25) is 4.57 Å². The van der Waals surface area contributed by atoms with Crippen molar-refractivity contribution in [3.63, 3.8) is 0 Å². The summed E-state index contributed by atoms with van der Waals surface area (Å²) in [6, 6.07) is 0. The molecule has 0 aliphatic rings. The molecule has 4 heteroatoms. The summed E-state index contributed by atoms with van der Waals surface area (Å²) >= 11 is 0. The second-order valence-corrected chi connectivity index (χ2v) is 11.7. The second-order valence-electron chi connectivity index (χ2n) is 9.68. The molecule has 0 heterocycles. The third-order valence-corrected chi connectivity index (χ3v) is 8.76. The zero-order valence-corrected chi connectivity index (χ0v) is 21.7. The van der Waals surface area contributed by atoms with Gasteiger partial charge in [-0.2, -0.15) is 0 Å². The summed E-state index contributed by atoms with van der Waals surface area (Å²) < 4.78 is 12.7. The fourth-order valence-electron chi connectivity index (χ4n) is 4.69. The quantitative estimate of drug-likeness (QED) is 0.121. The van der Waals surface area contributed by atoms with Crippen molar-refractivity contribution >= 4 is 7.60 Å². The van der Waals surface area contributed by atoms with Crippen LogP contribution < -0.4 is 0 Å². The van der Waals surface area contributed by atoms with Crippen molar-refractivity contribution in [1.82, 2.24) is 0 Å². The molecule has 3 nitrogen and oxygen atoms in total. The van der Waals surface area contributed by atoms with Crippen molar-refractivity contribution in [3.05, 3.63) is 0 Å². The normalized spacial score (nSPS) is 12.6. The Balaban J connectivity index is 4.68. The molecule has 0 aromatic heterocycles. The molecule has 0 rings (SSSR count). The largest absolute Gasteiger partial charge is 0.331 e. The van der Waals surface area contributed by atoms with Crippen molar-refractivity contribution in [1.29, 1.82) is 0 Å². The molecule has 0 aliphatic heterocycles. The van der Waals surface area contributed by atoms with Gasteiger partial charge in [-0.15, -0.1) is 0 Å². The smallest absolute Gasteiger partial charge is 0.324 e. The Morgan fingerprint density at radius 2 is 0.700 bits per heavy atom. The highest BCUT2D eigenvalue weighted by Gasteiger charge is 2.44. The summed E-state index contributed by atoms with van der Waals surface area (Å²) in [6.07, 6.45) is 24.8. The first-order valence-electron chi connectivity index (χ1n) is 13.5. The van der Waals surface area contributed by atoms with Gasteiger partial charge in [-0.1, -0.05) is 143 Å². The van der Waals surface area contributed by atoms with Crippen LogP contribution in [0, 0.1) is 0 Å². The standard InChI is InChI=1S/C26H55O3P/c1-4-7-10-13-16-19-22-25-26(30(27,28)29,23-20-17-14-11-8-5-2)24-21-18-15-12-9-6-3/h4-25H2,1-3H3,(H2,27,28,29). The first kappa shape index (κ1) is 30.1. The van der Waals surface area contributed by atoms with Crippen LogP contribution in [-0.2, 0) is 4.57 Å². The van der Waals surface area contributed by atoms with Gasteiger partial charge in [-0.25, -0.2) is 0 Å². The van der Waals surface area contributed by atoms with Gasteiger partial charge in [0, 0.05) is 0 Å². The maximum absolute atomic E-state index is 12.7. The van der Waals surface area contributed by atoms with E-state index in [1.165, 1.54) is 83.5 Å². The van der Waals surface area contributed by atoms with E-state index < -0.39 is 12.8 Å². The van der Waals surface area contributed by atoms with Crippen molar-refractivity contribution in [2.24, 2.45) is 0 Å². The minimum atomic E-state index is -4.10. The lowest BCUT2D eigenvalue weighted by atomic mass is 9.88. The molecule has 2 N–H and O–H groups in total. The van der Waals surface area contributed by atoms with Gasteiger partial charge < -0.3 is 9.79 Å². The van der Waals surface area contributed by atoms with Gasteiger partial charge in [0.1, 0.15) is 0 Å². The molecule has 0 spiro atoms. The minimum Gasteiger partial charge on any atom is -0.324 e. The van der Waals surface area contributed by atoms with Crippen LogP contribution in [0.1, 0.15) is 162 Å². The van der Waals surface area contributed by atoms with Crippen molar-refractivity contribution < 1.29 is 14.4 Å². The average Bonchev–Trinajstić information content (AvgIpc) is 2.71. The molecule has 0 saturated carbocycles. The maximum Gasteiger partial charge on any atom is 0.331 e. The molecule has 0 bridgehead atoms. The fraction of sp³-hybridized carbons (Fsp3) is 1.00. The van der Waals surface area contributed by atoms with Crippen LogP contribution in [0.2, 0.25) is 0 Å². The van der Waals surface area contributed by atoms with Gasteiger partial charge >= 0.3 is 7.60 Å². The van der Waals surface area contributed by atoms with E-state index in [0.29, 0.717) is 12.8 Å². The van der Waals surface area contributed by atoms with Crippen LogP contribution in [0.3, 0.4) is 0 Å². The van der Waals surface area contributed by atoms with E-state index in [1.807, 2.05) is 0 Å². The topological polar surface area (TPSA) is 57.5 Å². The van der Waals surface area contributed by atoms with E-state index in [1.54, 1.807) is 0 Å². The molecule has 30 heavy (non-hydrogen) atoms. The number of rotatable bonds is 23. The zero-order chi connectivity index (χ0) is 22.6. The van der Waals surface area contributed by atoms with E-state index in [0.717, 1.165) is 44.9 Å². The Morgan fingerprint density at radius 3 is 0.933 bits per heavy atom. The third-order valence-electron chi connectivity index (χ3n) is 6.85. The molecular weight excluding hydrogens is 391 g/mol. The van der Waals surface area contributed by atoms with E-state index in [2.05, 4.69) is 20.8 Å². The highest BCUT2D eigenvalue weighted by molar-refractivity contribution is 7.53. The predicted octanol–water partition coefficient (Wildman–Crippen LogP) is 9.54. The van der Waals surface area contributed by atoms with Crippen molar-refractivity contribution in [3.8, 4) is 0 Å². The minimum absolute atomic E-state index is 0.716. The molecule has 0 unspecified atom stereocenters. The maximum atomic E-state index is 12.7. The number of hydrogen-bond acceptors (Lipinski definition) is 1. The van der Waals surface area contributed by atoms with Crippen LogP contribution in [0.15, 0.2) is 0 Å². The molecule has 182 valence electrons. The van der Waals surface area contributed by atoms with Crippen LogP contribution in [0.5, 0.6) is 0 Å². The van der Waals surface area contributed by atoms with E-state index >= 15 is 0 Å². The van der Waals surface area contributed by atoms with Crippen molar-refractivity contribution in [2.75, 3.05) is 0 Å². The van der Waals surface area contributed by atoms with Crippen LogP contribution >= 0.6 is 7.60 Å². The lowest BCUT2D eigenvalue weighted by Crippen LogP contribution is -2.29. The summed E-state index contributed by atoms with van der Waals surface area (Å²) in [5.41, 5.74) is 0. The Labute approximate surface area is 189 Å². The summed E-state index contributed by atoms with van der Waals surface area (Å²) in [5.74, 6) is 0. The number of unbranched alkanes of at least 4 members (excludes halogenated alkanes) is 16.